The van der Waals surface area contributed by atoms with E-state index < -0.39 is 5.60 Å². The Hall–Kier alpha value is -0.810. The molecule has 1 atom stereocenters. The molecule has 1 amide bonds. The highest BCUT2D eigenvalue weighted by molar-refractivity contribution is 5.68. The molecule has 1 rings (SSSR count). The van der Waals surface area contributed by atoms with Crippen LogP contribution >= 0.6 is 0 Å². The van der Waals surface area contributed by atoms with Crippen LogP contribution < -0.4 is 5.73 Å². The number of piperidine rings is 1. The third-order valence-electron chi connectivity index (χ3n) is 3.50. The number of carbonyl (C=O) groups is 1. The minimum atomic E-state index is -0.450. The predicted octanol–water partition coefficient (Wildman–Crippen LogP) is 1.75. The average Bonchev–Trinajstić information content (AvgIpc) is 2.26. The molecule has 1 heterocycles. The maximum Gasteiger partial charge on any atom is 0.410 e. The van der Waals surface area contributed by atoms with Crippen molar-refractivity contribution in [3.05, 3.63) is 0 Å². The number of rotatable bonds is 2. The van der Waals surface area contributed by atoms with Gasteiger partial charge in [-0.25, -0.2) is 4.79 Å². The largest absolute Gasteiger partial charge is 0.444 e. The highest BCUT2D eigenvalue weighted by atomic mass is 16.6. The summed E-state index contributed by atoms with van der Waals surface area (Å²) in [7, 11) is 1.69. The number of likely N-dealkylation sites (tertiary alicyclic amines) is 1. The maximum absolute atomic E-state index is 11.9. The summed E-state index contributed by atoms with van der Waals surface area (Å²) in [4.78, 5) is 13.6. The van der Waals surface area contributed by atoms with Gasteiger partial charge in [0.1, 0.15) is 5.60 Å². The van der Waals surface area contributed by atoms with Gasteiger partial charge in [-0.2, -0.15) is 0 Å². The summed E-state index contributed by atoms with van der Waals surface area (Å²) < 4.78 is 10.9. The van der Waals surface area contributed by atoms with Gasteiger partial charge >= 0.3 is 6.09 Å². The van der Waals surface area contributed by atoms with Gasteiger partial charge in [0.15, 0.2) is 0 Å². The molecule has 1 aliphatic rings. The van der Waals surface area contributed by atoms with Gasteiger partial charge < -0.3 is 20.1 Å². The Morgan fingerprint density at radius 3 is 2.17 bits per heavy atom. The lowest BCUT2D eigenvalue weighted by molar-refractivity contribution is -0.0723. The Balaban J connectivity index is 2.56. The van der Waals surface area contributed by atoms with E-state index in [-0.39, 0.29) is 17.7 Å². The van der Waals surface area contributed by atoms with Crippen molar-refractivity contribution in [3.8, 4) is 0 Å². The van der Waals surface area contributed by atoms with E-state index in [1.165, 1.54) is 0 Å². The van der Waals surface area contributed by atoms with Crippen molar-refractivity contribution in [1.29, 1.82) is 0 Å². The van der Waals surface area contributed by atoms with Crippen molar-refractivity contribution in [3.63, 3.8) is 0 Å². The van der Waals surface area contributed by atoms with Crippen LogP contribution in [0.1, 0.15) is 40.5 Å². The van der Waals surface area contributed by atoms with Crippen LogP contribution in [0.5, 0.6) is 0 Å². The molecule has 0 spiro atoms. The third kappa shape index (κ3) is 3.59. The van der Waals surface area contributed by atoms with Crippen LogP contribution in [0.15, 0.2) is 0 Å². The van der Waals surface area contributed by atoms with Gasteiger partial charge in [-0.1, -0.05) is 0 Å². The Morgan fingerprint density at radius 1 is 1.33 bits per heavy atom. The normalized spacial score (nSPS) is 21.6. The highest BCUT2D eigenvalue weighted by Gasteiger charge is 2.39. The first-order valence-corrected chi connectivity index (χ1v) is 6.49. The summed E-state index contributed by atoms with van der Waals surface area (Å²) in [6.07, 6.45) is 1.25. The first-order chi connectivity index (χ1) is 8.20. The molecule has 5 heteroatoms. The van der Waals surface area contributed by atoms with Crippen LogP contribution in [0, 0.1) is 0 Å². The average molecular weight is 258 g/mol. The number of hydrogen-bond donors (Lipinski definition) is 1. The summed E-state index contributed by atoms with van der Waals surface area (Å²) in [6.45, 7) is 8.82. The molecule has 0 radical (unpaired) electrons. The Labute approximate surface area is 110 Å². The summed E-state index contributed by atoms with van der Waals surface area (Å²) in [5, 5.41) is 0. The van der Waals surface area contributed by atoms with Crippen LogP contribution in [0.4, 0.5) is 4.79 Å². The molecule has 0 aliphatic carbocycles. The smallest absolute Gasteiger partial charge is 0.410 e. The Morgan fingerprint density at radius 2 is 1.83 bits per heavy atom. The molecule has 0 bridgehead atoms. The minimum absolute atomic E-state index is 0.0386. The molecule has 1 saturated heterocycles. The van der Waals surface area contributed by atoms with Gasteiger partial charge in [0.25, 0.3) is 0 Å². The first kappa shape index (κ1) is 15.2. The van der Waals surface area contributed by atoms with Crippen molar-refractivity contribution in [2.75, 3.05) is 20.2 Å². The molecule has 0 aromatic heterocycles. The fourth-order valence-corrected chi connectivity index (χ4v) is 2.24. The lowest BCUT2D eigenvalue weighted by Gasteiger charge is -2.43. The van der Waals surface area contributed by atoms with Crippen molar-refractivity contribution in [1.82, 2.24) is 4.90 Å². The molecule has 106 valence electrons. The minimum Gasteiger partial charge on any atom is -0.444 e. The van der Waals surface area contributed by atoms with Gasteiger partial charge in [0, 0.05) is 26.2 Å². The van der Waals surface area contributed by atoms with Crippen molar-refractivity contribution >= 4 is 6.09 Å². The number of methoxy groups -OCH3 is 1. The van der Waals surface area contributed by atoms with Gasteiger partial charge in [-0.15, -0.1) is 0 Å². The molecular weight excluding hydrogens is 232 g/mol. The fraction of sp³-hybridized carbons (Fsp3) is 0.923. The molecule has 0 aromatic carbocycles. The lowest BCUT2D eigenvalue weighted by Crippen LogP contribution is -2.56. The van der Waals surface area contributed by atoms with E-state index in [1.807, 2.05) is 27.7 Å². The van der Waals surface area contributed by atoms with Crippen molar-refractivity contribution in [2.45, 2.75) is 57.8 Å². The number of nitrogens with zero attached hydrogens (tertiary/aromatic N) is 1. The van der Waals surface area contributed by atoms with Gasteiger partial charge in [0.2, 0.25) is 0 Å². The first-order valence-electron chi connectivity index (χ1n) is 6.49. The second kappa shape index (κ2) is 5.45. The van der Waals surface area contributed by atoms with E-state index in [1.54, 1.807) is 12.0 Å². The molecule has 2 N–H and O–H groups in total. The van der Waals surface area contributed by atoms with Crippen LogP contribution in [0.3, 0.4) is 0 Å². The second-order valence-corrected chi connectivity index (χ2v) is 6.02. The number of nitrogens with two attached hydrogens (primary N) is 1. The third-order valence-corrected chi connectivity index (χ3v) is 3.50. The van der Waals surface area contributed by atoms with E-state index in [0.29, 0.717) is 13.1 Å². The maximum atomic E-state index is 11.9. The number of carbonyl (C=O) groups excluding carboxylic acids is 1. The number of hydrogen-bond acceptors (Lipinski definition) is 4. The fourth-order valence-electron chi connectivity index (χ4n) is 2.24. The van der Waals surface area contributed by atoms with Crippen LogP contribution in [-0.2, 0) is 9.47 Å². The molecule has 18 heavy (non-hydrogen) atoms. The number of amides is 1. The zero-order valence-corrected chi connectivity index (χ0v) is 12.2. The zero-order chi connectivity index (χ0) is 14.0. The van der Waals surface area contributed by atoms with Crippen molar-refractivity contribution in [2.24, 2.45) is 5.73 Å². The van der Waals surface area contributed by atoms with Crippen LogP contribution in [0.2, 0.25) is 0 Å². The van der Waals surface area contributed by atoms with E-state index in [9.17, 15) is 4.79 Å². The molecular formula is C13H26N2O3. The van der Waals surface area contributed by atoms with Gasteiger partial charge in [-0.3, -0.25) is 0 Å². The van der Waals surface area contributed by atoms with E-state index in [2.05, 4.69) is 0 Å². The molecule has 1 unspecified atom stereocenters. The quantitative estimate of drug-likeness (QED) is 0.819. The van der Waals surface area contributed by atoms with Crippen LogP contribution in [0.25, 0.3) is 0 Å². The SMILES string of the molecule is COC1(C(C)N)CCN(C(=O)OC(C)(C)C)CC1. The number of ether oxygens (including phenoxy) is 2. The topological polar surface area (TPSA) is 64.8 Å². The molecule has 0 aromatic rings. The second-order valence-electron chi connectivity index (χ2n) is 6.02. The summed E-state index contributed by atoms with van der Waals surface area (Å²) >= 11 is 0. The summed E-state index contributed by atoms with van der Waals surface area (Å²) in [5.41, 5.74) is 5.22. The monoisotopic (exact) mass is 258 g/mol. The predicted molar refractivity (Wildman–Crippen MR) is 70.4 cm³/mol. The van der Waals surface area contributed by atoms with E-state index in [0.717, 1.165) is 12.8 Å². The summed E-state index contributed by atoms with van der Waals surface area (Å²) in [5.74, 6) is 0. The molecule has 5 nitrogen and oxygen atoms in total. The molecule has 1 fully saturated rings. The summed E-state index contributed by atoms with van der Waals surface area (Å²) in [6, 6.07) is -0.0386. The van der Waals surface area contributed by atoms with E-state index >= 15 is 0 Å². The zero-order valence-electron chi connectivity index (χ0n) is 12.2. The molecule has 0 saturated carbocycles. The lowest BCUT2D eigenvalue weighted by atomic mass is 9.85. The van der Waals surface area contributed by atoms with Crippen molar-refractivity contribution < 1.29 is 14.3 Å². The highest BCUT2D eigenvalue weighted by Crippen LogP contribution is 2.29. The van der Waals surface area contributed by atoms with Crippen LogP contribution in [-0.4, -0.2) is 48.4 Å². The Kier molecular flexibility index (Phi) is 4.61. The Bertz CT molecular complexity index is 289. The van der Waals surface area contributed by atoms with Gasteiger partial charge in [-0.05, 0) is 40.5 Å². The molecule has 1 aliphatic heterocycles. The van der Waals surface area contributed by atoms with Gasteiger partial charge in [0.05, 0.1) is 5.60 Å². The standard InChI is InChI=1S/C13H26N2O3/c1-10(14)13(17-5)6-8-15(9-7-13)11(16)18-12(2,3)4/h10H,6-9,14H2,1-5H3. The van der Waals surface area contributed by atoms with E-state index in [4.69, 9.17) is 15.2 Å².